The largest absolute Gasteiger partial charge is 0.337 e. The fourth-order valence-corrected chi connectivity index (χ4v) is 1.44. The number of amides is 1. The topological polar surface area (TPSA) is 66.5 Å². The van der Waals surface area contributed by atoms with E-state index >= 15 is 0 Å². The second kappa shape index (κ2) is 3.18. The van der Waals surface area contributed by atoms with Crippen LogP contribution in [0.5, 0.6) is 0 Å². The Kier molecular flexibility index (Phi) is 3.07. The van der Waals surface area contributed by atoms with Crippen LogP contribution in [0.15, 0.2) is 0 Å². The van der Waals surface area contributed by atoms with Gasteiger partial charge in [0.1, 0.15) is 0 Å². The molecule has 0 saturated carbocycles. The predicted octanol–water partition coefficient (Wildman–Crippen LogP) is -0.547. The molecule has 60 valence electrons. The molecule has 5 nitrogen and oxygen atoms in total. The monoisotopic (exact) mass is 186 g/mol. The normalized spacial score (nSPS) is 11.1. The third kappa shape index (κ3) is 2.51. The average Bonchev–Trinajstić information content (AvgIpc) is 1.60. The van der Waals surface area contributed by atoms with Gasteiger partial charge in [-0.3, -0.25) is 4.79 Å². The molecule has 0 bridgehead atoms. The number of hydrazine groups is 1. The fourth-order valence-electron chi connectivity index (χ4n) is 0.420. The van der Waals surface area contributed by atoms with Crippen LogP contribution in [0.25, 0.3) is 0 Å². The van der Waals surface area contributed by atoms with Gasteiger partial charge in [0, 0.05) is 24.7 Å². The highest BCUT2D eigenvalue weighted by Gasteiger charge is 2.19. The molecule has 0 heterocycles. The summed E-state index contributed by atoms with van der Waals surface area (Å²) in [6, 6.07) is 0. The van der Waals surface area contributed by atoms with E-state index in [2.05, 4.69) is 5.43 Å². The molecule has 0 aromatic rings. The van der Waals surface area contributed by atoms with Crippen molar-refractivity contribution in [2.45, 2.75) is 6.92 Å². The number of nitrogens with zero attached hydrogens (tertiary/aromatic N) is 1. The summed E-state index contributed by atoms with van der Waals surface area (Å²) < 4.78 is 21.2. The highest BCUT2D eigenvalue weighted by atomic mass is 35.7. The summed E-state index contributed by atoms with van der Waals surface area (Å²) in [5.41, 5.74) is 2.11. The molecule has 7 heteroatoms. The predicted molar refractivity (Wildman–Crippen MR) is 36.4 cm³/mol. The van der Waals surface area contributed by atoms with Crippen LogP contribution >= 0.6 is 10.7 Å². The molecule has 0 unspecified atom stereocenters. The van der Waals surface area contributed by atoms with Crippen molar-refractivity contribution >= 4 is 25.8 Å². The van der Waals surface area contributed by atoms with E-state index in [1.54, 1.807) is 0 Å². The Balaban J connectivity index is 4.55. The molecule has 0 aromatic heterocycles. The SMILES string of the molecule is CNN(C(C)=O)S(=O)(=O)Cl. The van der Waals surface area contributed by atoms with Gasteiger partial charge in [-0.15, -0.1) is 0 Å². The van der Waals surface area contributed by atoms with Crippen molar-refractivity contribution in [3.05, 3.63) is 0 Å². The lowest BCUT2D eigenvalue weighted by molar-refractivity contribution is -0.125. The Morgan fingerprint density at radius 1 is 1.60 bits per heavy atom. The summed E-state index contributed by atoms with van der Waals surface area (Å²) in [4.78, 5) is 10.4. The van der Waals surface area contributed by atoms with E-state index in [9.17, 15) is 13.2 Å². The smallest absolute Gasteiger partial charge is 0.273 e. The van der Waals surface area contributed by atoms with E-state index in [1.165, 1.54) is 7.05 Å². The van der Waals surface area contributed by atoms with Gasteiger partial charge in [0.05, 0.1) is 0 Å². The van der Waals surface area contributed by atoms with Gasteiger partial charge in [-0.05, 0) is 0 Å². The van der Waals surface area contributed by atoms with E-state index in [4.69, 9.17) is 10.7 Å². The van der Waals surface area contributed by atoms with Gasteiger partial charge in [0.2, 0.25) is 5.91 Å². The third-order valence-electron chi connectivity index (χ3n) is 0.707. The van der Waals surface area contributed by atoms with Crippen LogP contribution in [0.1, 0.15) is 6.92 Å². The molecule has 0 aromatic carbocycles. The zero-order valence-corrected chi connectivity index (χ0v) is 7.03. The minimum absolute atomic E-state index is 0.328. The first kappa shape index (κ1) is 9.67. The molecule has 0 radical (unpaired) electrons. The highest BCUT2D eigenvalue weighted by Crippen LogP contribution is 2.01. The van der Waals surface area contributed by atoms with E-state index in [-0.39, 0.29) is 0 Å². The molecule has 0 aliphatic rings. The molecule has 0 aliphatic carbocycles. The zero-order valence-electron chi connectivity index (χ0n) is 5.46. The summed E-state index contributed by atoms with van der Waals surface area (Å²) >= 11 is 0. The maximum atomic E-state index is 10.4. The van der Waals surface area contributed by atoms with Gasteiger partial charge in [-0.1, -0.05) is 0 Å². The molecule has 0 saturated heterocycles. The van der Waals surface area contributed by atoms with Crippen LogP contribution in [-0.2, 0) is 14.0 Å². The Hall–Kier alpha value is -0.330. The molecule has 0 rings (SSSR count). The average molecular weight is 187 g/mol. The Bertz CT molecular complexity index is 224. The Morgan fingerprint density at radius 2 is 2.00 bits per heavy atom. The van der Waals surface area contributed by atoms with Crippen LogP contribution in [0.2, 0.25) is 0 Å². The van der Waals surface area contributed by atoms with Crippen LogP contribution in [-0.4, -0.2) is 25.8 Å². The van der Waals surface area contributed by atoms with Crippen LogP contribution in [0.4, 0.5) is 0 Å². The van der Waals surface area contributed by atoms with E-state index < -0.39 is 15.1 Å². The maximum Gasteiger partial charge on any atom is 0.337 e. The van der Waals surface area contributed by atoms with Gasteiger partial charge in [-0.2, -0.15) is 12.8 Å². The number of carbonyl (C=O) groups excluding carboxylic acids is 1. The number of rotatable bonds is 2. The molecule has 0 spiro atoms. The second-order valence-electron chi connectivity index (χ2n) is 1.45. The van der Waals surface area contributed by atoms with Gasteiger partial charge in [0.25, 0.3) is 0 Å². The summed E-state index contributed by atoms with van der Waals surface area (Å²) in [6.45, 7) is 1.08. The minimum Gasteiger partial charge on any atom is -0.273 e. The van der Waals surface area contributed by atoms with Crippen LogP contribution in [0.3, 0.4) is 0 Å². The Labute approximate surface area is 63.5 Å². The van der Waals surface area contributed by atoms with Crippen molar-refractivity contribution in [2.24, 2.45) is 0 Å². The zero-order chi connectivity index (χ0) is 8.36. The molecule has 0 fully saturated rings. The Morgan fingerprint density at radius 3 is 2.00 bits per heavy atom. The minimum atomic E-state index is -3.97. The maximum absolute atomic E-state index is 10.4. The molecular weight excluding hydrogens is 180 g/mol. The molecule has 1 amide bonds. The van der Waals surface area contributed by atoms with Crippen molar-refractivity contribution in [2.75, 3.05) is 7.05 Å². The summed E-state index contributed by atoms with van der Waals surface area (Å²) in [7, 11) is 2.12. The van der Waals surface area contributed by atoms with Gasteiger partial charge < -0.3 is 0 Å². The molecule has 0 aliphatic heterocycles. The lowest BCUT2D eigenvalue weighted by Crippen LogP contribution is -2.41. The second-order valence-corrected chi connectivity index (χ2v) is 3.81. The van der Waals surface area contributed by atoms with Gasteiger partial charge in [0.15, 0.2) is 0 Å². The third-order valence-corrected chi connectivity index (χ3v) is 2.00. The highest BCUT2D eigenvalue weighted by molar-refractivity contribution is 8.12. The standard InChI is InChI=1S/C3H7ClN2O3S/c1-3(7)6(5-2)10(4,8)9/h5H,1-2H3. The molecule has 1 N–H and O–H groups in total. The lowest BCUT2D eigenvalue weighted by atomic mass is 10.8. The van der Waals surface area contributed by atoms with Gasteiger partial charge in [-0.25, -0.2) is 5.43 Å². The first-order chi connectivity index (χ1) is 4.39. The van der Waals surface area contributed by atoms with Crippen molar-refractivity contribution in [1.29, 1.82) is 0 Å². The molecule has 0 atom stereocenters. The van der Waals surface area contributed by atoms with Crippen molar-refractivity contribution in [3.63, 3.8) is 0 Å². The summed E-state index contributed by atoms with van der Waals surface area (Å²) in [5, 5.41) is 0. The molecular formula is C3H7ClN2O3S. The van der Waals surface area contributed by atoms with Crippen LogP contribution in [0, 0.1) is 0 Å². The van der Waals surface area contributed by atoms with E-state index in [1.807, 2.05) is 0 Å². The number of hydrogen-bond acceptors (Lipinski definition) is 4. The summed E-state index contributed by atoms with van der Waals surface area (Å²) in [6.07, 6.45) is 0. The lowest BCUT2D eigenvalue weighted by Gasteiger charge is -2.13. The van der Waals surface area contributed by atoms with Gasteiger partial charge >= 0.3 is 9.24 Å². The number of nitrogens with one attached hydrogen (secondary N) is 1. The summed E-state index contributed by atoms with van der Waals surface area (Å²) in [5.74, 6) is -0.683. The van der Waals surface area contributed by atoms with Crippen LogP contribution < -0.4 is 5.43 Å². The van der Waals surface area contributed by atoms with E-state index in [0.717, 1.165) is 6.92 Å². The first-order valence-corrected chi connectivity index (χ1v) is 4.59. The first-order valence-electron chi connectivity index (χ1n) is 2.32. The molecule has 10 heavy (non-hydrogen) atoms. The quantitative estimate of drug-likeness (QED) is 0.464. The number of halogens is 1. The fraction of sp³-hybridized carbons (Fsp3) is 0.667. The van der Waals surface area contributed by atoms with Crippen molar-refractivity contribution in [1.82, 2.24) is 9.84 Å². The number of carbonyl (C=O) groups is 1. The van der Waals surface area contributed by atoms with Crippen molar-refractivity contribution < 1.29 is 13.2 Å². The number of hydrogen-bond donors (Lipinski definition) is 1. The van der Waals surface area contributed by atoms with E-state index in [0.29, 0.717) is 4.41 Å². The van der Waals surface area contributed by atoms with Crippen molar-refractivity contribution in [3.8, 4) is 0 Å².